The van der Waals surface area contributed by atoms with Gasteiger partial charge in [0.05, 0.1) is 0 Å². The molecule has 0 saturated heterocycles. The quantitative estimate of drug-likeness (QED) is 0.497. The third-order valence-electron chi connectivity index (χ3n) is 1.11. The van der Waals surface area contributed by atoms with Gasteiger partial charge in [-0.3, -0.25) is 0 Å². The summed E-state index contributed by atoms with van der Waals surface area (Å²) in [5.74, 6) is 1.89. The highest BCUT2D eigenvalue weighted by Crippen LogP contribution is 2.07. The lowest BCUT2D eigenvalue weighted by molar-refractivity contribution is 0.807. The van der Waals surface area contributed by atoms with Crippen molar-refractivity contribution in [2.24, 2.45) is 5.92 Å². The van der Waals surface area contributed by atoms with Crippen molar-refractivity contribution in [2.75, 3.05) is 0 Å². The van der Waals surface area contributed by atoms with Gasteiger partial charge in [-0.1, -0.05) is 33.0 Å². The third-order valence-corrected chi connectivity index (χ3v) is 1.52. The highest BCUT2D eigenvalue weighted by atomic mass is 32.1. The summed E-state index contributed by atoms with van der Waals surface area (Å²) in [5.41, 5.74) is 0. The minimum atomic E-state index is 0.509. The van der Waals surface area contributed by atoms with Crippen molar-refractivity contribution < 1.29 is 0 Å². The summed E-state index contributed by atoms with van der Waals surface area (Å²) >= 11 is 4.71. The maximum absolute atomic E-state index is 4.71. The van der Waals surface area contributed by atoms with Crippen LogP contribution < -0.4 is 0 Å². The third kappa shape index (κ3) is 2.75. The van der Waals surface area contributed by atoms with E-state index in [2.05, 4.69) is 20.8 Å². The van der Waals surface area contributed by atoms with Crippen LogP contribution in [-0.4, -0.2) is 5.37 Å². The molecule has 0 heterocycles. The van der Waals surface area contributed by atoms with Crippen LogP contribution in [0.1, 0.15) is 20.8 Å². The van der Waals surface area contributed by atoms with Gasteiger partial charge in [-0.15, -0.1) is 0 Å². The summed E-state index contributed by atoms with van der Waals surface area (Å²) < 4.78 is 0. The predicted octanol–water partition coefficient (Wildman–Crippen LogP) is 2.24. The number of rotatable bonds is 2. The summed E-state index contributed by atoms with van der Waals surface area (Å²) in [6.07, 6.45) is 0. The molecule has 0 N–H and O–H groups in total. The van der Waals surface area contributed by atoms with Crippen LogP contribution in [0.5, 0.6) is 0 Å². The van der Waals surface area contributed by atoms with Gasteiger partial charge in [0.1, 0.15) is 0 Å². The van der Waals surface area contributed by atoms with E-state index in [1.165, 1.54) is 5.92 Å². The summed E-state index contributed by atoms with van der Waals surface area (Å²) in [6, 6.07) is 0. The van der Waals surface area contributed by atoms with Crippen LogP contribution in [0.15, 0.2) is 0 Å². The number of thiocarbonyl (C=S) groups is 1. The standard InChI is InChI=1S/C6H11S/c1-5(2)6(3)4-7/h4,6H,1-3H3. The minimum absolute atomic E-state index is 0.509. The summed E-state index contributed by atoms with van der Waals surface area (Å²) in [7, 11) is 0. The zero-order chi connectivity index (χ0) is 5.86. The molecule has 1 radical (unpaired) electrons. The zero-order valence-electron chi connectivity index (χ0n) is 5.06. The van der Waals surface area contributed by atoms with Crippen LogP contribution in [0.3, 0.4) is 0 Å². The van der Waals surface area contributed by atoms with E-state index in [-0.39, 0.29) is 0 Å². The van der Waals surface area contributed by atoms with Crippen molar-refractivity contribution in [1.82, 2.24) is 0 Å². The first kappa shape index (κ1) is 7.09. The molecule has 0 fully saturated rings. The van der Waals surface area contributed by atoms with Gasteiger partial charge >= 0.3 is 0 Å². The Morgan fingerprint density at radius 1 is 1.57 bits per heavy atom. The zero-order valence-corrected chi connectivity index (χ0v) is 5.88. The maximum Gasteiger partial charge on any atom is -0.0100 e. The van der Waals surface area contributed by atoms with Crippen LogP contribution in [0.2, 0.25) is 0 Å². The molecule has 0 bridgehead atoms. The van der Waals surface area contributed by atoms with Gasteiger partial charge in [0.2, 0.25) is 0 Å². The largest absolute Gasteiger partial charge is 0.0932 e. The Balaban J connectivity index is 3.33. The molecule has 0 aromatic carbocycles. The summed E-state index contributed by atoms with van der Waals surface area (Å²) in [5, 5.41) is 1.79. The van der Waals surface area contributed by atoms with E-state index >= 15 is 0 Å². The Labute approximate surface area is 50.9 Å². The second kappa shape index (κ2) is 3.14. The van der Waals surface area contributed by atoms with Crippen molar-refractivity contribution in [1.29, 1.82) is 0 Å². The van der Waals surface area contributed by atoms with Crippen LogP contribution in [0.4, 0.5) is 0 Å². The van der Waals surface area contributed by atoms with Crippen LogP contribution >= 0.6 is 12.2 Å². The molecule has 1 atom stereocenters. The van der Waals surface area contributed by atoms with Gasteiger partial charge in [0.25, 0.3) is 0 Å². The Kier molecular flexibility index (Phi) is 3.18. The van der Waals surface area contributed by atoms with Crippen molar-refractivity contribution in [3.63, 3.8) is 0 Å². The molecule has 41 valence electrons. The van der Waals surface area contributed by atoms with E-state index in [0.29, 0.717) is 5.92 Å². The molecule has 1 heteroatoms. The van der Waals surface area contributed by atoms with Gasteiger partial charge < -0.3 is 0 Å². The summed E-state index contributed by atoms with van der Waals surface area (Å²) in [6.45, 7) is 6.28. The first-order chi connectivity index (χ1) is 3.18. The van der Waals surface area contributed by atoms with Gasteiger partial charge in [-0.05, 0) is 17.2 Å². The van der Waals surface area contributed by atoms with Gasteiger partial charge in [0, 0.05) is 0 Å². The molecule has 0 saturated carbocycles. The lowest BCUT2D eigenvalue weighted by Gasteiger charge is -2.05. The maximum atomic E-state index is 4.71. The Bertz CT molecular complexity index is 57.2. The molecule has 0 aromatic heterocycles. The van der Waals surface area contributed by atoms with Crippen molar-refractivity contribution >= 4 is 17.6 Å². The molecule has 0 aliphatic carbocycles. The van der Waals surface area contributed by atoms with Crippen molar-refractivity contribution in [3.05, 3.63) is 5.92 Å². The molecule has 0 amide bonds. The van der Waals surface area contributed by atoms with Crippen LogP contribution in [0.25, 0.3) is 0 Å². The fourth-order valence-corrected chi connectivity index (χ4v) is 0.408. The predicted molar refractivity (Wildman–Crippen MR) is 37.4 cm³/mol. The Morgan fingerprint density at radius 3 is 2.00 bits per heavy atom. The van der Waals surface area contributed by atoms with Gasteiger partial charge in [-0.2, -0.15) is 0 Å². The van der Waals surface area contributed by atoms with Crippen molar-refractivity contribution in [2.45, 2.75) is 20.8 Å². The molecule has 0 aliphatic heterocycles. The van der Waals surface area contributed by atoms with E-state index in [4.69, 9.17) is 12.2 Å². The average Bonchev–Trinajstić information content (AvgIpc) is 1.65. The minimum Gasteiger partial charge on any atom is -0.0932 e. The molecular weight excluding hydrogens is 104 g/mol. The van der Waals surface area contributed by atoms with Crippen molar-refractivity contribution in [3.8, 4) is 0 Å². The normalized spacial score (nSPS) is 14.3. The molecule has 7 heavy (non-hydrogen) atoms. The monoisotopic (exact) mass is 115 g/mol. The lowest BCUT2D eigenvalue weighted by Crippen LogP contribution is -2.00. The molecular formula is C6H11S. The lowest BCUT2D eigenvalue weighted by atomic mass is 10.0. The number of hydrogen-bond donors (Lipinski definition) is 0. The van der Waals surface area contributed by atoms with Crippen LogP contribution in [-0.2, 0) is 0 Å². The fraction of sp³-hybridized carbons (Fsp3) is 0.667. The SMILES string of the molecule is C[C](C)C(C)C=S. The van der Waals surface area contributed by atoms with E-state index in [1.807, 2.05) is 0 Å². The molecule has 1 unspecified atom stereocenters. The molecule has 0 spiro atoms. The topological polar surface area (TPSA) is 0 Å². The highest BCUT2D eigenvalue weighted by Gasteiger charge is 2.00. The smallest absolute Gasteiger partial charge is 0.0100 e. The first-order valence-corrected chi connectivity index (χ1v) is 2.91. The second-order valence-corrected chi connectivity index (χ2v) is 2.27. The molecule has 0 aliphatic rings. The van der Waals surface area contributed by atoms with E-state index in [1.54, 1.807) is 5.37 Å². The molecule has 0 nitrogen and oxygen atoms in total. The Hall–Kier alpha value is 0.0900. The van der Waals surface area contributed by atoms with E-state index in [9.17, 15) is 0 Å². The van der Waals surface area contributed by atoms with Gasteiger partial charge in [-0.25, -0.2) is 0 Å². The van der Waals surface area contributed by atoms with Gasteiger partial charge in [0.15, 0.2) is 0 Å². The first-order valence-electron chi connectivity index (χ1n) is 2.44. The average molecular weight is 115 g/mol. The molecule has 0 rings (SSSR count). The Morgan fingerprint density at radius 2 is 2.00 bits per heavy atom. The fourth-order valence-electron chi connectivity index (χ4n) is 0.136. The van der Waals surface area contributed by atoms with E-state index in [0.717, 1.165) is 0 Å². The van der Waals surface area contributed by atoms with Crippen LogP contribution in [0, 0.1) is 11.8 Å². The second-order valence-electron chi connectivity index (χ2n) is 2.00. The number of hydrogen-bond acceptors (Lipinski definition) is 1. The molecule has 0 aromatic rings. The van der Waals surface area contributed by atoms with E-state index < -0.39 is 0 Å². The summed E-state index contributed by atoms with van der Waals surface area (Å²) in [4.78, 5) is 0. The highest BCUT2D eigenvalue weighted by molar-refractivity contribution is 7.79.